The summed E-state index contributed by atoms with van der Waals surface area (Å²) in [6, 6.07) is 7.61. The third-order valence-electron chi connectivity index (χ3n) is 2.40. The minimum absolute atomic E-state index is 0.214. The first kappa shape index (κ1) is 10.8. The molecule has 0 unspecified atom stereocenters. The number of benzene rings is 1. The minimum Gasteiger partial charge on any atom is -0.342 e. The van der Waals surface area contributed by atoms with E-state index in [1.54, 1.807) is 0 Å². The SMILES string of the molecule is O=C(CSc1ccccc1Cl)N1CCC1. The van der Waals surface area contributed by atoms with Crippen LogP contribution in [-0.4, -0.2) is 29.6 Å². The summed E-state index contributed by atoms with van der Waals surface area (Å²) < 4.78 is 0. The fraction of sp³-hybridized carbons (Fsp3) is 0.364. The van der Waals surface area contributed by atoms with E-state index in [2.05, 4.69) is 0 Å². The van der Waals surface area contributed by atoms with Crippen molar-refractivity contribution in [2.75, 3.05) is 18.8 Å². The van der Waals surface area contributed by atoms with Crippen molar-refractivity contribution in [3.63, 3.8) is 0 Å². The third kappa shape index (κ3) is 2.67. The van der Waals surface area contributed by atoms with Crippen LogP contribution in [0.4, 0.5) is 0 Å². The van der Waals surface area contributed by atoms with Gasteiger partial charge in [0.2, 0.25) is 5.91 Å². The standard InChI is InChI=1S/C11H12ClNOS/c12-9-4-1-2-5-10(9)15-8-11(14)13-6-3-7-13/h1-2,4-5H,3,6-8H2. The average molecular weight is 242 g/mol. The summed E-state index contributed by atoms with van der Waals surface area (Å²) in [6.07, 6.45) is 1.14. The largest absolute Gasteiger partial charge is 0.342 e. The van der Waals surface area contributed by atoms with Crippen LogP contribution in [0.3, 0.4) is 0 Å². The lowest BCUT2D eigenvalue weighted by Crippen LogP contribution is -2.43. The number of carbonyl (C=O) groups excluding carboxylic acids is 1. The number of thioether (sulfide) groups is 1. The van der Waals surface area contributed by atoms with Crippen molar-refractivity contribution in [1.29, 1.82) is 0 Å². The molecule has 1 aliphatic heterocycles. The first-order valence-corrected chi connectivity index (χ1v) is 6.29. The topological polar surface area (TPSA) is 20.3 Å². The van der Waals surface area contributed by atoms with Crippen LogP contribution in [0.1, 0.15) is 6.42 Å². The zero-order valence-corrected chi connectivity index (χ0v) is 9.85. The second-order valence-electron chi connectivity index (χ2n) is 3.45. The van der Waals surface area contributed by atoms with Crippen LogP contribution >= 0.6 is 23.4 Å². The van der Waals surface area contributed by atoms with Crippen molar-refractivity contribution in [3.8, 4) is 0 Å². The summed E-state index contributed by atoms with van der Waals surface area (Å²) in [7, 11) is 0. The fourth-order valence-electron chi connectivity index (χ4n) is 1.36. The van der Waals surface area contributed by atoms with E-state index in [9.17, 15) is 4.79 Å². The molecule has 1 heterocycles. The molecule has 0 radical (unpaired) electrons. The molecule has 1 amide bonds. The van der Waals surface area contributed by atoms with Gasteiger partial charge in [-0.15, -0.1) is 11.8 Å². The first-order chi connectivity index (χ1) is 7.27. The maximum absolute atomic E-state index is 11.6. The third-order valence-corrected chi connectivity index (χ3v) is 3.90. The van der Waals surface area contributed by atoms with E-state index in [4.69, 9.17) is 11.6 Å². The molecule has 0 atom stereocenters. The average Bonchev–Trinajstić information content (AvgIpc) is 2.14. The molecule has 4 heteroatoms. The molecule has 2 nitrogen and oxygen atoms in total. The Morgan fingerprint density at radius 3 is 2.73 bits per heavy atom. The Morgan fingerprint density at radius 2 is 2.13 bits per heavy atom. The maximum atomic E-state index is 11.6. The summed E-state index contributed by atoms with van der Waals surface area (Å²) >= 11 is 7.50. The van der Waals surface area contributed by atoms with Gasteiger partial charge < -0.3 is 4.90 Å². The number of halogens is 1. The number of hydrogen-bond donors (Lipinski definition) is 0. The van der Waals surface area contributed by atoms with E-state index in [1.165, 1.54) is 11.8 Å². The molecular weight excluding hydrogens is 230 g/mol. The molecule has 15 heavy (non-hydrogen) atoms. The number of rotatable bonds is 3. The number of amides is 1. The van der Waals surface area contributed by atoms with Gasteiger partial charge in [0.25, 0.3) is 0 Å². The lowest BCUT2D eigenvalue weighted by Gasteiger charge is -2.30. The molecule has 2 rings (SSSR count). The Hall–Kier alpha value is -0.670. The van der Waals surface area contributed by atoms with Crippen molar-refractivity contribution >= 4 is 29.3 Å². The summed E-state index contributed by atoms with van der Waals surface area (Å²) in [5, 5.41) is 0.721. The zero-order chi connectivity index (χ0) is 10.7. The molecule has 0 saturated carbocycles. The summed E-state index contributed by atoms with van der Waals surface area (Å²) in [4.78, 5) is 14.4. The molecule has 1 fully saturated rings. The van der Waals surface area contributed by atoms with Gasteiger partial charge in [0.15, 0.2) is 0 Å². The molecular formula is C11H12ClNOS. The second-order valence-corrected chi connectivity index (χ2v) is 4.88. The predicted molar refractivity (Wildman–Crippen MR) is 63.4 cm³/mol. The van der Waals surface area contributed by atoms with Gasteiger partial charge in [-0.05, 0) is 18.6 Å². The highest BCUT2D eigenvalue weighted by atomic mass is 35.5. The van der Waals surface area contributed by atoms with Gasteiger partial charge >= 0.3 is 0 Å². The Kier molecular flexibility index (Phi) is 3.54. The Labute approximate surface area is 98.6 Å². The molecule has 0 spiro atoms. The monoisotopic (exact) mass is 241 g/mol. The van der Waals surface area contributed by atoms with E-state index in [1.807, 2.05) is 29.2 Å². The van der Waals surface area contributed by atoms with Crippen LogP contribution in [0.5, 0.6) is 0 Å². The predicted octanol–water partition coefficient (Wildman–Crippen LogP) is 2.66. The van der Waals surface area contributed by atoms with Crippen molar-refractivity contribution in [2.24, 2.45) is 0 Å². The molecule has 0 bridgehead atoms. The van der Waals surface area contributed by atoms with Crippen molar-refractivity contribution in [3.05, 3.63) is 29.3 Å². The molecule has 1 saturated heterocycles. The molecule has 0 aliphatic carbocycles. The molecule has 1 aromatic rings. The smallest absolute Gasteiger partial charge is 0.232 e. The quantitative estimate of drug-likeness (QED) is 0.759. The summed E-state index contributed by atoms with van der Waals surface area (Å²) in [5.41, 5.74) is 0. The van der Waals surface area contributed by atoms with Crippen LogP contribution in [-0.2, 0) is 4.79 Å². The van der Waals surface area contributed by atoms with Crippen molar-refractivity contribution < 1.29 is 4.79 Å². The second kappa shape index (κ2) is 4.90. The maximum Gasteiger partial charge on any atom is 0.232 e. The van der Waals surface area contributed by atoms with Crippen LogP contribution in [0.25, 0.3) is 0 Å². The molecule has 80 valence electrons. The number of carbonyl (C=O) groups is 1. The van der Waals surface area contributed by atoms with Gasteiger partial charge in [0, 0.05) is 18.0 Å². The van der Waals surface area contributed by atoms with Gasteiger partial charge in [-0.2, -0.15) is 0 Å². The van der Waals surface area contributed by atoms with Crippen molar-refractivity contribution in [2.45, 2.75) is 11.3 Å². The Balaban J connectivity index is 1.87. The highest BCUT2D eigenvalue weighted by Crippen LogP contribution is 2.27. The van der Waals surface area contributed by atoms with Gasteiger partial charge in [0.05, 0.1) is 10.8 Å². The summed E-state index contributed by atoms with van der Waals surface area (Å²) in [6.45, 7) is 1.84. The minimum atomic E-state index is 0.214. The van der Waals surface area contributed by atoms with Gasteiger partial charge in [-0.1, -0.05) is 23.7 Å². The summed E-state index contributed by atoms with van der Waals surface area (Å²) in [5.74, 6) is 0.704. The number of hydrogen-bond acceptors (Lipinski definition) is 2. The highest BCUT2D eigenvalue weighted by molar-refractivity contribution is 8.00. The Morgan fingerprint density at radius 1 is 1.40 bits per heavy atom. The van der Waals surface area contributed by atoms with Crippen LogP contribution in [0, 0.1) is 0 Å². The van der Waals surface area contributed by atoms with E-state index in [0.717, 1.165) is 29.4 Å². The fourth-order valence-corrected chi connectivity index (χ4v) is 2.50. The van der Waals surface area contributed by atoms with E-state index in [-0.39, 0.29) is 5.91 Å². The molecule has 1 aromatic carbocycles. The first-order valence-electron chi connectivity index (χ1n) is 4.92. The molecule has 1 aliphatic rings. The zero-order valence-electron chi connectivity index (χ0n) is 8.28. The van der Waals surface area contributed by atoms with E-state index >= 15 is 0 Å². The van der Waals surface area contributed by atoms with E-state index < -0.39 is 0 Å². The van der Waals surface area contributed by atoms with Gasteiger partial charge in [0.1, 0.15) is 0 Å². The van der Waals surface area contributed by atoms with E-state index in [0.29, 0.717) is 5.75 Å². The van der Waals surface area contributed by atoms with Gasteiger partial charge in [-0.3, -0.25) is 4.79 Å². The lowest BCUT2D eigenvalue weighted by molar-refractivity contribution is -0.131. The van der Waals surface area contributed by atoms with Crippen LogP contribution < -0.4 is 0 Å². The number of likely N-dealkylation sites (tertiary alicyclic amines) is 1. The van der Waals surface area contributed by atoms with Gasteiger partial charge in [-0.25, -0.2) is 0 Å². The Bertz CT molecular complexity index is 365. The lowest BCUT2D eigenvalue weighted by atomic mass is 10.2. The highest BCUT2D eigenvalue weighted by Gasteiger charge is 2.19. The normalized spacial score (nSPS) is 14.9. The van der Waals surface area contributed by atoms with Crippen molar-refractivity contribution in [1.82, 2.24) is 4.90 Å². The molecule has 0 N–H and O–H groups in total. The number of nitrogens with zero attached hydrogens (tertiary/aromatic N) is 1. The van der Waals surface area contributed by atoms with Crippen LogP contribution in [0.15, 0.2) is 29.2 Å². The van der Waals surface area contributed by atoms with Crippen LogP contribution in [0.2, 0.25) is 5.02 Å². The molecule has 0 aromatic heterocycles.